The number of aromatic nitrogens is 2. The number of hydrogen-bond donors (Lipinski definition) is 1. The molecule has 0 fully saturated rings. The number of fused-ring (bicyclic) bond motifs is 1. The van der Waals surface area contributed by atoms with Crippen molar-refractivity contribution in [2.45, 2.75) is 20.1 Å². The molecule has 4 nitrogen and oxygen atoms in total. The van der Waals surface area contributed by atoms with Gasteiger partial charge in [-0.25, -0.2) is 4.68 Å². The summed E-state index contributed by atoms with van der Waals surface area (Å²) >= 11 is 0. The minimum atomic E-state index is 0.630. The van der Waals surface area contributed by atoms with Crippen LogP contribution >= 0.6 is 0 Å². The Morgan fingerprint density at radius 3 is 3.06 bits per heavy atom. The number of ether oxygens (including phenoxy) is 1. The molecule has 0 saturated carbocycles. The third-order valence-electron chi connectivity index (χ3n) is 2.89. The predicted octanol–water partition coefficient (Wildman–Crippen LogP) is 1.79. The van der Waals surface area contributed by atoms with Crippen molar-refractivity contribution in [1.82, 2.24) is 9.78 Å². The molecule has 2 aromatic rings. The average molecular weight is 215 g/mol. The van der Waals surface area contributed by atoms with Gasteiger partial charge in [0.05, 0.1) is 30.3 Å². The highest BCUT2D eigenvalue weighted by molar-refractivity contribution is 5.48. The van der Waals surface area contributed by atoms with Gasteiger partial charge in [-0.2, -0.15) is 5.10 Å². The maximum absolute atomic E-state index is 5.78. The number of aryl methyl sites for hydroxylation is 1. The van der Waals surface area contributed by atoms with E-state index in [0.29, 0.717) is 13.2 Å². The molecule has 1 aliphatic heterocycles. The van der Waals surface area contributed by atoms with E-state index < -0.39 is 0 Å². The molecule has 0 amide bonds. The van der Waals surface area contributed by atoms with Crippen LogP contribution in [-0.2, 0) is 18.0 Å². The molecule has 82 valence electrons. The van der Waals surface area contributed by atoms with Gasteiger partial charge in [0.25, 0.3) is 0 Å². The van der Waals surface area contributed by atoms with Gasteiger partial charge < -0.3 is 10.5 Å². The van der Waals surface area contributed by atoms with Gasteiger partial charge in [-0.1, -0.05) is 6.07 Å². The van der Waals surface area contributed by atoms with Gasteiger partial charge in [0.2, 0.25) is 0 Å². The largest absolute Gasteiger partial charge is 0.399 e. The van der Waals surface area contributed by atoms with Crippen LogP contribution in [0, 0.1) is 6.92 Å². The topological polar surface area (TPSA) is 53.1 Å². The van der Waals surface area contributed by atoms with Gasteiger partial charge in [0.15, 0.2) is 0 Å². The lowest BCUT2D eigenvalue weighted by Crippen LogP contribution is -2.02. The molecule has 2 N–H and O–H groups in total. The van der Waals surface area contributed by atoms with Gasteiger partial charge in [-0.15, -0.1) is 0 Å². The molecule has 0 atom stereocenters. The first kappa shape index (κ1) is 9.42. The summed E-state index contributed by atoms with van der Waals surface area (Å²) in [6.07, 6.45) is 0. The lowest BCUT2D eigenvalue weighted by Gasteiger charge is -2.05. The SMILES string of the molecule is Cc1nn(-c2cccc(N)c2)c2c1COC2. The van der Waals surface area contributed by atoms with Crippen LogP contribution in [0.5, 0.6) is 0 Å². The molecule has 0 bridgehead atoms. The number of nitrogens with zero attached hydrogens (tertiary/aromatic N) is 2. The lowest BCUT2D eigenvalue weighted by molar-refractivity contribution is 0.130. The second-order valence-corrected chi connectivity index (χ2v) is 4.01. The molecule has 0 spiro atoms. The highest BCUT2D eigenvalue weighted by Crippen LogP contribution is 2.26. The van der Waals surface area contributed by atoms with Crippen molar-refractivity contribution in [2.24, 2.45) is 0 Å². The third-order valence-corrected chi connectivity index (χ3v) is 2.89. The number of benzene rings is 1. The molecule has 0 saturated heterocycles. The second-order valence-electron chi connectivity index (χ2n) is 4.01. The number of rotatable bonds is 1. The van der Waals surface area contributed by atoms with Crippen molar-refractivity contribution in [3.8, 4) is 5.69 Å². The van der Waals surface area contributed by atoms with Crippen molar-refractivity contribution < 1.29 is 4.74 Å². The van der Waals surface area contributed by atoms with Crippen LogP contribution in [0.3, 0.4) is 0 Å². The molecule has 16 heavy (non-hydrogen) atoms. The van der Waals surface area contributed by atoms with Gasteiger partial charge in [0.1, 0.15) is 0 Å². The van der Waals surface area contributed by atoms with E-state index in [-0.39, 0.29) is 0 Å². The Labute approximate surface area is 93.6 Å². The van der Waals surface area contributed by atoms with Gasteiger partial charge in [0, 0.05) is 11.3 Å². The van der Waals surface area contributed by atoms with Crippen molar-refractivity contribution in [3.05, 3.63) is 41.2 Å². The van der Waals surface area contributed by atoms with E-state index in [2.05, 4.69) is 5.10 Å². The fourth-order valence-corrected chi connectivity index (χ4v) is 2.06. The fourth-order valence-electron chi connectivity index (χ4n) is 2.06. The minimum absolute atomic E-state index is 0.630. The molecule has 1 aromatic carbocycles. The van der Waals surface area contributed by atoms with Crippen LogP contribution in [0.1, 0.15) is 17.0 Å². The zero-order chi connectivity index (χ0) is 11.1. The van der Waals surface area contributed by atoms with E-state index in [0.717, 1.165) is 22.8 Å². The van der Waals surface area contributed by atoms with Crippen molar-refractivity contribution in [1.29, 1.82) is 0 Å². The number of anilines is 1. The maximum atomic E-state index is 5.78. The molecule has 0 radical (unpaired) electrons. The van der Waals surface area contributed by atoms with Crippen molar-refractivity contribution >= 4 is 5.69 Å². The first-order valence-electron chi connectivity index (χ1n) is 5.27. The molecule has 2 heterocycles. The molecular formula is C12H13N3O. The van der Waals surface area contributed by atoms with E-state index >= 15 is 0 Å². The number of nitrogen functional groups attached to an aromatic ring is 1. The Balaban J connectivity index is 2.17. The molecular weight excluding hydrogens is 202 g/mol. The first-order chi connectivity index (χ1) is 7.75. The van der Waals surface area contributed by atoms with E-state index in [1.807, 2.05) is 35.9 Å². The Kier molecular flexibility index (Phi) is 1.97. The van der Waals surface area contributed by atoms with E-state index in [1.165, 1.54) is 5.56 Å². The number of hydrogen-bond acceptors (Lipinski definition) is 3. The summed E-state index contributed by atoms with van der Waals surface area (Å²) < 4.78 is 7.36. The fraction of sp³-hybridized carbons (Fsp3) is 0.250. The van der Waals surface area contributed by atoms with Crippen molar-refractivity contribution in [2.75, 3.05) is 5.73 Å². The van der Waals surface area contributed by atoms with Crippen molar-refractivity contribution in [3.63, 3.8) is 0 Å². The first-order valence-corrected chi connectivity index (χ1v) is 5.27. The average Bonchev–Trinajstić information content (AvgIpc) is 2.83. The third kappa shape index (κ3) is 1.31. The minimum Gasteiger partial charge on any atom is -0.399 e. The molecule has 0 unspecified atom stereocenters. The molecule has 0 aliphatic carbocycles. The van der Waals surface area contributed by atoms with Crippen LogP contribution in [-0.4, -0.2) is 9.78 Å². The quantitative estimate of drug-likeness (QED) is 0.738. The van der Waals surface area contributed by atoms with Crippen LogP contribution < -0.4 is 5.73 Å². The van der Waals surface area contributed by atoms with Crippen LogP contribution in [0.15, 0.2) is 24.3 Å². The molecule has 3 rings (SSSR count). The van der Waals surface area contributed by atoms with Gasteiger partial charge in [-0.05, 0) is 25.1 Å². The predicted molar refractivity (Wildman–Crippen MR) is 61.2 cm³/mol. The maximum Gasteiger partial charge on any atom is 0.0897 e. The summed E-state index contributed by atoms with van der Waals surface area (Å²) in [5.41, 5.74) is 10.9. The summed E-state index contributed by atoms with van der Waals surface area (Å²) in [7, 11) is 0. The highest BCUT2D eigenvalue weighted by Gasteiger charge is 2.21. The number of nitrogens with two attached hydrogens (primary N) is 1. The molecule has 1 aromatic heterocycles. The van der Waals surface area contributed by atoms with Crippen LogP contribution in [0.4, 0.5) is 5.69 Å². The second kappa shape index (κ2) is 3.35. The zero-order valence-electron chi connectivity index (χ0n) is 9.10. The Hall–Kier alpha value is -1.81. The van der Waals surface area contributed by atoms with Gasteiger partial charge >= 0.3 is 0 Å². The summed E-state index contributed by atoms with van der Waals surface area (Å²) in [5.74, 6) is 0. The van der Waals surface area contributed by atoms with Crippen LogP contribution in [0.25, 0.3) is 5.69 Å². The standard InChI is InChI=1S/C12H13N3O/c1-8-11-6-16-7-12(11)15(14-8)10-4-2-3-9(13)5-10/h2-5H,6-7,13H2,1H3. The molecule has 1 aliphatic rings. The Morgan fingerprint density at radius 1 is 1.38 bits per heavy atom. The van der Waals surface area contributed by atoms with E-state index in [4.69, 9.17) is 10.5 Å². The lowest BCUT2D eigenvalue weighted by atomic mass is 10.2. The Morgan fingerprint density at radius 2 is 2.25 bits per heavy atom. The summed E-state index contributed by atoms with van der Waals surface area (Å²) in [6, 6.07) is 7.73. The summed E-state index contributed by atoms with van der Waals surface area (Å²) in [6.45, 7) is 3.31. The van der Waals surface area contributed by atoms with Gasteiger partial charge in [-0.3, -0.25) is 0 Å². The summed E-state index contributed by atoms with van der Waals surface area (Å²) in [4.78, 5) is 0. The van der Waals surface area contributed by atoms with E-state index in [1.54, 1.807) is 0 Å². The smallest absolute Gasteiger partial charge is 0.0897 e. The summed E-state index contributed by atoms with van der Waals surface area (Å²) in [5, 5.41) is 4.52. The molecule has 4 heteroatoms. The highest BCUT2D eigenvalue weighted by atomic mass is 16.5. The normalized spacial score (nSPS) is 14.1. The Bertz CT molecular complexity index is 545. The van der Waals surface area contributed by atoms with E-state index in [9.17, 15) is 0 Å². The monoisotopic (exact) mass is 215 g/mol. The zero-order valence-corrected chi connectivity index (χ0v) is 9.10. The van der Waals surface area contributed by atoms with Crippen LogP contribution in [0.2, 0.25) is 0 Å².